The fourth-order valence-corrected chi connectivity index (χ4v) is 2.49. The van der Waals surface area contributed by atoms with E-state index in [1.165, 1.54) is 5.69 Å². The molecule has 1 aromatic rings. The van der Waals surface area contributed by atoms with Crippen LogP contribution in [0.15, 0.2) is 30.3 Å². The average Bonchev–Trinajstić information content (AvgIpc) is 2.52. The smallest absolute Gasteiger partial charge is 0.236 e. The molecule has 0 saturated heterocycles. The van der Waals surface area contributed by atoms with Crippen LogP contribution >= 0.6 is 24.2 Å². The van der Waals surface area contributed by atoms with Crippen molar-refractivity contribution in [3.8, 4) is 0 Å². The Bertz CT molecular complexity index is 406. The second-order valence-electron chi connectivity index (χ2n) is 5.14. The first-order chi connectivity index (χ1) is 10.1. The summed E-state index contributed by atoms with van der Waals surface area (Å²) in [5, 5.41) is 2.91. The predicted molar refractivity (Wildman–Crippen MR) is 100 cm³/mol. The maximum atomic E-state index is 11.7. The molecule has 1 atom stereocenters. The van der Waals surface area contributed by atoms with E-state index in [2.05, 4.69) is 29.4 Å². The average molecular weight is 346 g/mol. The van der Waals surface area contributed by atoms with E-state index in [1.54, 1.807) is 11.8 Å². The van der Waals surface area contributed by atoms with Gasteiger partial charge < -0.3 is 16.0 Å². The van der Waals surface area contributed by atoms with Crippen LogP contribution in [0.4, 0.5) is 5.69 Å². The number of carbonyl (C=O) groups excluding carboxylic acids is 1. The third-order valence-electron chi connectivity index (χ3n) is 3.39. The van der Waals surface area contributed by atoms with Gasteiger partial charge in [-0.25, -0.2) is 0 Å². The number of unbranched alkanes of at least 4 members (excludes halogenated alkanes) is 1. The fourth-order valence-electron chi connectivity index (χ4n) is 2.00. The summed E-state index contributed by atoms with van der Waals surface area (Å²) in [6.45, 7) is 1.69. The molecule has 0 aliphatic heterocycles. The Balaban J connectivity index is 0.00000441. The Hall–Kier alpha value is -0.910. The van der Waals surface area contributed by atoms with E-state index >= 15 is 0 Å². The Labute approximate surface area is 144 Å². The number of hydrogen-bond donors (Lipinski definition) is 2. The normalized spacial score (nSPS) is 11.4. The summed E-state index contributed by atoms with van der Waals surface area (Å²) in [6, 6.07) is 9.94. The molecule has 0 bridgehead atoms. The highest BCUT2D eigenvalue weighted by molar-refractivity contribution is 7.98. The molecule has 0 heterocycles. The zero-order chi connectivity index (χ0) is 15.5. The first-order valence-corrected chi connectivity index (χ1v) is 8.83. The number of carbonyl (C=O) groups is 1. The monoisotopic (exact) mass is 345 g/mol. The Morgan fingerprint density at radius 2 is 2.00 bits per heavy atom. The zero-order valence-corrected chi connectivity index (χ0v) is 15.1. The van der Waals surface area contributed by atoms with Crippen molar-refractivity contribution in [1.29, 1.82) is 0 Å². The fraction of sp³-hybridized carbons (Fsp3) is 0.562. The van der Waals surface area contributed by atoms with Crippen molar-refractivity contribution < 1.29 is 4.79 Å². The molecule has 4 nitrogen and oxygen atoms in total. The molecule has 0 saturated carbocycles. The van der Waals surface area contributed by atoms with Crippen LogP contribution in [0.25, 0.3) is 0 Å². The molecule has 1 aromatic carbocycles. The molecular weight excluding hydrogens is 318 g/mol. The van der Waals surface area contributed by atoms with Crippen molar-refractivity contribution in [1.82, 2.24) is 5.32 Å². The molecule has 0 aliphatic carbocycles. The molecule has 3 N–H and O–H groups in total. The van der Waals surface area contributed by atoms with Gasteiger partial charge in [0.2, 0.25) is 5.91 Å². The first-order valence-electron chi connectivity index (χ1n) is 7.43. The highest BCUT2D eigenvalue weighted by Crippen LogP contribution is 2.11. The number of nitrogens with one attached hydrogen (secondary N) is 1. The summed E-state index contributed by atoms with van der Waals surface area (Å²) >= 11 is 1.71. The summed E-state index contributed by atoms with van der Waals surface area (Å²) in [6.07, 6.45) is 4.78. The molecule has 0 aliphatic rings. The molecule has 0 aromatic heterocycles. The molecule has 0 unspecified atom stereocenters. The van der Waals surface area contributed by atoms with Gasteiger partial charge in [-0.15, -0.1) is 12.4 Å². The first kappa shape index (κ1) is 21.1. The molecule has 0 spiro atoms. The predicted octanol–water partition coefficient (Wildman–Crippen LogP) is 2.52. The van der Waals surface area contributed by atoms with Crippen molar-refractivity contribution in [2.75, 3.05) is 37.0 Å². The van der Waals surface area contributed by atoms with Crippen LogP contribution in [0.1, 0.15) is 19.3 Å². The third-order valence-corrected chi connectivity index (χ3v) is 4.03. The van der Waals surface area contributed by atoms with Crippen LogP contribution in [-0.4, -0.2) is 44.1 Å². The van der Waals surface area contributed by atoms with Gasteiger partial charge >= 0.3 is 0 Å². The highest BCUT2D eigenvalue weighted by Gasteiger charge is 2.11. The number of para-hydroxylation sites is 1. The van der Waals surface area contributed by atoms with Gasteiger partial charge in [-0.2, -0.15) is 11.8 Å². The van der Waals surface area contributed by atoms with E-state index in [1.807, 2.05) is 24.5 Å². The number of nitrogens with two attached hydrogens (primary N) is 1. The van der Waals surface area contributed by atoms with Gasteiger partial charge in [0.15, 0.2) is 0 Å². The second-order valence-corrected chi connectivity index (χ2v) is 6.13. The van der Waals surface area contributed by atoms with Crippen LogP contribution in [0.5, 0.6) is 0 Å². The van der Waals surface area contributed by atoms with Crippen molar-refractivity contribution >= 4 is 35.8 Å². The minimum Gasteiger partial charge on any atom is -0.375 e. The van der Waals surface area contributed by atoms with Gasteiger partial charge in [0, 0.05) is 25.8 Å². The summed E-state index contributed by atoms with van der Waals surface area (Å²) in [5.41, 5.74) is 7.03. The Morgan fingerprint density at radius 3 is 2.64 bits per heavy atom. The van der Waals surface area contributed by atoms with Crippen LogP contribution in [0.3, 0.4) is 0 Å². The zero-order valence-electron chi connectivity index (χ0n) is 13.5. The lowest BCUT2D eigenvalue weighted by atomic mass is 10.2. The van der Waals surface area contributed by atoms with E-state index in [9.17, 15) is 4.79 Å². The molecule has 126 valence electrons. The summed E-state index contributed by atoms with van der Waals surface area (Å²) in [5.74, 6) is 0.900. The Morgan fingerprint density at radius 1 is 1.32 bits per heavy atom. The quantitative estimate of drug-likeness (QED) is 0.640. The van der Waals surface area contributed by atoms with Gasteiger partial charge in [-0.3, -0.25) is 4.79 Å². The molecule has 1 rings (SSSR count). The molecule has 22 heavy (non-hydrogen) atoms. The number of thioether (sulfide) groups is 1. The van der Waals surface area contributed by atoms with Gasteiger partial charge in [-0.05, 0) is 43.4 Å². The minimum atomic E-state index is -0.371. The maximum absolute atomic E-state index is 11.7. The van der Waals surface area contributed by atoms with Crippen LogP contribution in [0.2, 0.25) is 0 Å². The van der Waals surface area contributed by atoms with Crippen molar-refractivity contribution in [3.05, 3.63) is 30.3 Å². The van der Waals surface area contributed by atoms with E-state index in [4.69, 9.17) is 5.73 Å². The number of hydrogen-bond acceptors (Lipinski definition) is 4. The number of amides is 1. The van der Waals surface area contributed by atoms with Crippen LogP contribution in [-0.2, 0) is 4.79 Å². The molecular formula is C16H28ClN3OS. The van der Waals surface area contributed by atoms with Gasteiger partial charge in [-0.1, -0.05) is 18.2 Å². The van der Waals surface area contributed by atoms with Crippen LogP contribution in [0, 0.1) is 0 Å². The van der Waals surface area contributed by atoms with Crippen molar-refractivity contribution in [2.45, 2.75) is 25.3 Å². The largest absolute Gasteiger partial charge is 0.375 e. The van der Waals surface area contributed by atoms with Gasteiger partial charge in [0.25, 0.3) is 0 Å². The number of nitrogens with zero attached hydrogens (tertiary/aromatic N) is 1. The SMILES string of the molecule is CSCC[C@H](N)C(=O)NCCCCN(C)c1ccccc1.Cl. The van der Waals surface area contributed by atoms with Crippen molar-refractivity contribution in [2.24, 2.45) is 5.73 Å². The van der Waals surface area contributed by atoms with E-state index < -0.39 is 0 Å². The third kappa shape index (κ3) is 8.51. The molecule has 0 radical (unpaired) electrons. The number of benzene rings is 1. The van der Waals surface area contributed by atoms with Gasteiger partial charge in [0.05, 0.1) is 6.04 Å². The number of halogens is 1. The number of anilines is 1. The number of rotatable bonds is 10. The van der Waals surface area contributed by atoms with Gasteiger partial charge in [0.1, 0.15) is 0 Å². The maximum Gasteiger partial charge on any atom is 0.236 e. The summed E-state index contributed by atoms with van der Waals surface area (Å²) in [7, 11) is 2.09. The standard InChI is InChI=1S/C16H27N3OS.ClH/c1-19(14-8-4-3-5-9-14)12-7-6-11-18-16(20)15(17)10-13-21-2;/h3-5,8-9,15H,6-7,10-13,17H2,1-2H3,(H,18,20);1H/t15-;/m0./s1. The lowest BCUT2D eigenvalue weighted by Gasteiger charge is -2.19. The molecule has 1 amide bonds. The van der Waals surface area contributed by atoms with Crippen LogP contribution < -0.4 is 16.0 Å². The van der Waals surface area contributed by atoms with Crippen molar-refractivity contribution in [3.63, 3.8) is 0 Å². The lowest BCUT2D eigenvalue weighted by molar-refractivity contribution is -0.122. The molecule has 0 fully saturated rings. The minimum absolute atomic E-state index is 0. The van der Waals surface area contributed by atoms with E-state index in [0.717, 1.165) is 31.6 Å². The lowest BCUT2D eigenvalue weighted by Crippen LogP contribution is -2.41. The summed E-state index contributed by atoms with van der Waals surface area (Å²) in [4.78, 5) is 13.9. The van der Waals surface area contributed by atoms with E-state index in [0.29, 0.717) is 6.54 Å². The van der Waals surface area contributed by atoms with E-state index in [-0.39, 0.29) is 24.4 Å². The highest BCUT2D eigenvalue weighted by atomic mass is 35.5. The molecule has 6 heteroatoms. The topological polar surface area (TPSA) is 58.4 Å². The second kappa shape index (κ2) is 12.6. The summed E-state index contributed by atoms with van der Waals surface area (Å²) < 4.78 is 0. The Kier molecular flexibility index (Phi) is 12.1.